The van der Waals surface area contributed by atoms with Gasteiger partial charge in [0, 0.05) is 18.0 Å². The molecular formula is C11H12N4S. The summed E-state index contributed by atoms with van der Waals surface area (Å²) in [5, 5.41) is 11.8. The van der Waals surface area contributed by atoms with E-state index in [-0.39, 0.29) is 0 Å². The normalized spacial score (nSPS) is 9.19. The van der Waals surface area contributed by atoms with Gasteiger partial charge in [-0.1, -0.05) is 5.92 Å². The van der Waals surface area contributed by atoms with Crippen molar-refractivity contribution in [2.24, 2.45) is 0 Å². The zero-order valence-electron chi connectivity index (χ0n) is 9.03. The minimum atomic E-state index is 0.381. The molecule has 0 unspecified atom stereocenters. The van der Waals surface area contributed by atoms with Crippen LogP contribution < -0.4 is 5.32 Å². The maximum Gasteiger partial charge on any atom is 0.224 e. The van der Waals surface area contributed by atoms with Gasteiger partial charge in [-0.15, -0.1) is 18.2 Å². The Morgan fingerprint density at radius 1 is 1.56 bits per heavy atom. The molecule has 0 aliphatic heterocycles. The molecule has 16 heavy (non-hydrogen) atoms. The lowest BCUT2D eigenvalue weighted by Gasteiger charge is -2.04. The number of aryl methyl sites for hydroxylation is 1. The lowest BCUT2D eigenvalue weighted by Crippen LogP contribution is -2.09. The van der Waals surface area contributed by atoms with Gasteiger partial charge in [-0.3, -0.25) is 0 Å². The number of hydrogen-bond acceptors (Lipinski definition) is 5. The van der Waals surface area contributed by atoms with Crippen molar-refractivity contribution in [3.05, 3.63) is 17.5 Å². The molecule has 0 spiro atoms. The van der Waals surface area contributed by atoms with Gasteiger partial charge in [0.1, 0.15) is 11.8 Å². The van der Waals surface area contributed by atoms with Crippen LogP contribution in [0.25, 0.3) is 0 Å². The van der Waals surface area contributed by atoms with E-state index in [2.05, 4.69) is 21.2 Å². The first-order valence-corrected chi connectivity index (χ1v) is 5.92. The van der Waals surface area contributed by atoms with Gasteiger partial charge in [0.05, 0.1) is 5.75 Å². The average molecular weight is 232 g/mol. The van der Waals surface area contributed by atoms with E-state index in [1.165, 1.54) is 0 Å². The molecule has 0 radical (unpaired) electrons. The summed E-state index contributed by atoms with van der Waals surface area (Å²) in [6, 6.07) is 3.65. The van der Waals surface area contributed by atoms with E-state index in [0.29, 0.717) is 17.4 Å². The minimum absolute atomic E-state index is 0.381. The van der Waals surface area contributed by atoms with Gasteiger partial charge in [-0.25, -0.2) is 9.97 Å². The maximum absolute atomic E-state index is 8.73. The van der Waals surface area contributed by atoms with Gasteiger partial charge in [-0.05, 0) is 13.0 Å². The summed E-state index contributed by atoms with van der Waals surface area (Å²) in [6.45, 7) is 2.57. The Balaban J connectivity index is 2.45. The molecule has 82 valence electrons. The number of anilines is 1. The topological polar surface area (TPSA) is 61.6 Å². The second kappa shape index (κ2) is 6.71. The molecule has 0 amide bonds. The molecule has 1 rings (SSSR count). The van der Waals surface area contributed by atoms with Crippen LogP contribution in [-0.4, -0.2) is 28.0 Å². The number of rotatable bonds is 5. The van der Waals surface area contributed by atoms with Crippen LogP contribution in [0, 0.1) is 30.6 Å². The van der Waals surface area contributed by atoms with Crippen molar-refractivity contribution in [2.75, 3.05) is 23.4 Å². The highest BCUT2D eigenvalue weighted by atomic mass is 32.2. The Morgan fingerprint density at radius 2 is 2.38 bits per heavy atom. The number of hydrogen-bond donors (Lipinski definition) is 1. The van der Waals surface area contributed by atoms with Crippen molar-refractivity contribution >= 4 is 17.7 Å². The molecule has 1 aromatic rings. The van der Waals surface area contributed by atoms with E-state index in [0.717, 1.165) is 18.0 Å². The molecule has 0 saturated heterocycles. The smallest absolute Gasteiger partial charge is 0.224 e. The molecule has 0 atom stereocenters. The van der Waals surface area contributed by atoms with Crippen molar-refractivity contribution in [3.63, 3.8) is 0 Å². The zero-order chi connectivity index (χ0) is 11.8. The summed E-state index contributed by atoms with van der Waals surface area (Å²) in [5.41, 5.74) is 1.16. The monoisotopic (exact) mass is 232 g/mol. The Morgan fingerprint density at radius 3 is 3.06 bits per heavy atom. The highest BCUT2D eigenvalue weighted by Gasteiger charge is 2.00. The van der Waals surface area contributed by atoms with Crippen LogP contribution >= 0.6 is 11.8 Å². The predicted molar refractivity (Wildman–Crippen MR) is 66.1 cm³/mol. The lowest BCUT2D eigenvalue weighted by atomic mass is 10.3. The molecule has 5 heteroatoms. The van der Waals surface area contributed by atoms with E-state index >= 15 is 0 Å². The van der Waals surface area contributed by atoms with E-state index in [9.17, 15) is 0 Å². The number of nitrogens with zero attached hydrogens (tertiary/aromatic N) is 3. The molecule has 0 bridgehead atoms. The molecule has 0 aromatic carbocycles. The summed E-state index contributed by atoms with van der Waals surface area (Å²) in [6.07, 6.45) is 5.13. The summed E-state index contributed by atoms with van der Waals surface area (Å²) in [5.74, 6) is 4.65. The highest BCUT2D eigenvalue weighted by molar-refractivity contribution is 7.99. The molecule has 1 aromatic heterocycles. The van der Waals surface area contributed by atoms with Crippen molar-refractivity contribution in [1.29, 1.82) is 5.26 Å². The van der Waals surface area contributed by atoms with Crippen LogP contribution in [0.1, 0.15) is 11.4 Å². The highest BCUT2D eigenvalue weighted by Crippen LogP contribution is 2.04. The largest absolute Gasteiger partial charge is 0.353 e. The fourth-order valence-electron chi connectivity index (χ4n) is 1.07. The number of nitrogens with one attached hydrogen (secondary N) is 1. The Hall–Kier alpha value is -1.72. The van der Waals surface area contributed by atoms with Crippen LogP contribution in [0.3, 0.4) is 0 Å². The zero-order valence-corrected chi connectivity index (χ0v) is 9.84. The van der Waals surface area contributed by atoms with Crippen molar-refractivity contribution in [2.45, 2.75) is 6.92 Å². The molecule has 0 aliphatic carbocycles. The summed E-state index contributed by atoms with van der Waals surface area (Å²) >= 11 is 1.67. The SMILES string of the molecule is C#CCSCCNc1nc(C)cc(C#N)n1. The van der Waals surface area contributed by atoms with Gasteiger partial charge >= 0.3 is 0 Å². The second-order valence-corrected chi connectivity index (χ2v) is 4.12. The number of nitriles is 1. The Kier molecular flexibility index (Phi) is 5.18. The molecule has 0 saturated carbocycles. The van der Waals surface area contributed by atoms with Crippen LogP contribution in [0.2, 0.25) is 0 Å². The lowest BCUT2D eigenvalue weighted by molar-refractivity contribution is 1.04. The fourth-order valence-corrected chi connectivity index (χ4v) is 1.58. The molecule has 4 nitrogen and oxygen atoms in total. The second-order valence-electron chi connectivity index (χ2n) is 3.01. The standard InChI is InChI=1S/C11H12N4S/c1-3-5-16-6-4-13-11-14-9(2)7-10(8-12)15-11/h1,7H,4-6H2,2H3,(H,13,14,15). The summed E-state index contributed by atoms with van der Waals surface area (Å²) in [4.78, 5) is 8.21. The predicted octanol–water partition coefficient (Wildman–Crippen LogP) is 1.43. The molecule has 1 heterocycles. The third kappa shape index (κ3) is 4.20. The molecule has 0 aliphatic rings. The van der Waals surface area contributed by atoms with E-state index in [1.54, 1.807) is 17.8 Å². The van der Waals surface area contributed by atoms with Gasteiger partial charge < -0.3 is 5.32 Å². The number of terminal acetylenes is 1. The van der Waals surface area contributed by atoms with Gasteiger partial charge in [0.2, 0.25) is 5.95 Å². The van der Waals surface area contributed by atoms with Gasteiger partial charge in [0.15, 0.2) is 0 Å². The Labute approximate surface area is 99.5 Å². The summed E-state index contributed by atoms with van der Waals surface area (Å²) in [7, 11) is 0. The van der Waals surface area contributed by atoms with E-state index < -0.39 is 0 Å². The van der Waals surface area contributed by atoms with E-state index in [1.807, 2.05) is 13.0 Å². The molecule has 0 fully saturated rings. The minimum Gasteiger partial charge on any atom is -0.353 e. The van der Waals surface area contributed by atoms with E-state index in [4.69, 9.17) is 11.7 Å². The molecular weight excluding hydrogens is 220 g/mol. The number of thioether (sulfide) groups is 1. The summed E-state index contributed by atoms with van der Waals surface area (Å²) < 4.78 is 0. The van der Waals surface area contributed by atoms with Crippen LogP contribution in [0.5, 0.6) is 0 Å². The quantitative estimate of drug-likeness (QED) is 0.614. The Bertz CT molecular complexity index is 431. The first kappa shape index (κ1) is 12.4. The third-order valence-corrected chi connectivity index (χ3v) is 2.55. The average Bonchev–Trinajstić information content (AvgIpc) is 2.28. The maximum atomic E-state index is 8.73. The van der Waals surface area contributed by atoms with Crippen molar-refractivity contribution in [1.82, 2.24) is 9.97 Å². The van der Waals surface area contributed by atoms with Crippen LogP contribution in [0.15, 0.2) is 6.07 Å². The van der Waals surface area contributed by atoms with Crippen LogP contribution in [-0.2, 0) is 0 Å². The van der Waals surface area contributed by atoms with Crippen LogP contribution in [0.4, 0.5) is 5.95 Å². The molecule has 1 N–H and O–H groups in total. The first-order chi connectivity index (χ1) is 7.76. The first-order valence-electron chi connectivity index (χ1n) is 4.77. The van der Waals surface area contributed by atoms with Gasteiger partial charge in [-0.2, -0.15) is 5.26 Å². The fraction of sp³-hybridized carbons (Fsp3) is 0.364. The van der Waals surface area contributed by atoms with Crippen molar-refractivity contribution in [3.8, 4) is 18.4 Å². The van der Waals surface area contributed by atoms with Gasteiger partial charge in [0.25, 0.3) is 0 Å². The third-order valence-electron chi connectivity index (χ3n) is 1.68. The number of aromatic nitrogens is 2. The van der Waals surface area contributed by atoms with Crippen molar-refractivity contribution < 1.29 is 0 Å².